The maximum absolute atomic E-state index is 12.6. The van der Waals surface area contributed by atoms with Gasteiger partial charge in [-0.25, -0.2) is 0 Å². The van der Waals surface area contributed by atoms with Crippen molar-refractivity contribution in [3.05, 3.63) is 29.3 Å². The van der Waals surface area contributed by atoms with Crippen molar-refractivity contribution in [3.63, 3.8) is 0 Å². The van der Waals surface area contributed by atoms with Crippen LogP contribution in [0.15, 0.2) is 18.2 Å². The molecule has 94 valence electrons. The number of hydrazine groups is 1. The molecule has 0 aromatic heterocycles. The fraction of sp³-hybridized carbons (Fsp3) is 0.300. The fourth-order valence-electron chi connectivity index (χ4n) is 1.39. The van der Waals surface area contributed by atoms with E-state index in [1.165, 1.54) is 6.07 Å². The largest absolute Gasteiger partial charge is 0.418 e. The number of hydrogen-bond donors (Lipinski definition) is 3. The van der Waals surface area contributed by atoms with Gasteiger partial charge in [0.25, 0.3) is 5.91 Å². The quantitative estimate of drug-likeness (QED) is 0.563. The van der Waals surface area contributed by atoms with Crippen molar-refractivity contribution >= 4 is 11.6 Å². The Bertz CT molecular complexity index is 418. The van der Waals surface area contributed by atoms with E-state index in [0.717, 1.165) is 12.1 Å². The van der Waals surface area contributed by atoms with Gasteiger partial charge in [0.05, 0.1) is 16.8 Å². The molecule has 0 unspecified atom stereocenters. The molecule has 0 heterocycles. The zero-order chi connectivity index (χ0) is 13.1. The number of anilines is 1. The molecule has 4 N–H and O–H groups in total. The molecule has 0 spiro atoms. The molecule has 1 amide bonds. The summed E-state index contributed by atoms with van der Waals surface area (Å²) in [4.78, 5) is 11.5. The third-order valence-electron chi connectivity index (χ3n) is 2.10. The minimum Gasteiger partial charge on any atom is -0.352 e. The summed E-state index contributed by atoms with van der Waals surface area (Å²) in [5, 5.41) is 2.41. The second kappa shape index (κ2) is 5.05. The molecule has 4 nitrogen and oxygen atoms in total. The monoisotopic (exact) mass is 247 g/mol. The molecular formula is C10H12F3N3O. The summed E-state index contributed by atoms with van der Waals surface area (Å²) in [5.41, 5.74) is 0.400. The van der Waals surface area contributed by atoms with Crippen molar-refractivity contribution in [2.75, 3.05) is 12.0 Å². The zero-order valence-corrected chi connectivity index (χ0v) is 9.06. The van der Waals surface area contributed by atoms with Crippen LogP contribution in [0.3, 0.4) is 0 Å². The lowest BCUT2D eigenvalue weighted by atomic mass is 10.1. The lowest BCUT2D eigenvalue weighted by Crippen LogP contribution is -2.26. The van der Waals surface area contributed by atoms with Crippen LogP contribution < -0.4 is 16.6 Å². The van der Waals surface area contributed by atoms with Crippen LogP contribution in [0.2, 0.25) is 0 Å². The molecule has 1 rings (SSSR count). The van der Waals surface area contributed by atoms with Crippen LogP contribution in [0.25, 0.3) is 0 Å². The van der Waals surface area contributed by atoms with E-state index >= 15 is 0 Å². The molecule has 1 aromatic carbocycles. The lowest BCUT2D eigenvalue weighted by Gasteiger charge is -2.15. The zero-order valence-electron chi connectivity index (χ0n) is 9.06. The average Bonchev–Trinajstić information content (AvgIpc) is 2.27. The van der Waals surface area contributed by atoms with E-state index in [9.17, 15) is 18.0 Å². The van der Waals surface area contributed by atoms with Gasteiger partial charge in [0.2, 0.25) is 0 Å². The summed E-state index contributed by atoms with van der Waals surface area (Å²) in [7, 11) is 0. The second-order valence-electron chi connectivity index (χ2n) is 3.23. The minimum absolute atomic E-state index is 0.135. The Hall–Kier alpha value is -1.76. The Kier molecular flexibility index (Phi) is 3.95. The van der Waals surface area contributed by atoms with Gasteiger partial charge in [-0.3, -0.25) is 10.6 Å². The van der Waals surface area contributed by atoms with Crippen molar-refractivity contribution in [2.24, 2.45) is 5.84 Å². The number of carbonyl (C=O) groups excluding carboxylic acids is 1. The highest BCUT2D eigenvalue weighted by Crippen LogP contribution is 2.36. The molecule has 0 bridgehead atoms. The Morgan fingerprint density at radius 3 is 2.53 bits per heavy atom. The summed E-state index contributed by atoms with van der Waals surface area (Å²) in [5.74, 6) is 4.45. The molecule has 0 saturated carbocycles. The first-order valence-corrected chi connectivity index (χ1v) is 4.86. The van der Waals surface area contributed by atoms with E-state index in [1.807, 2.05) is 5.43 Å². The Morgan fingerprint density at radius 1 is 1.41 bits per heavy atom. The van der Waals surface area contributed by atoms with Crippen molar-refractivity contribution in [1.29, 1.82) is 0 Å². The predicted octanol–water partition coefficient (Wildman–Crippen LogP) is 1.74. The molecule has 0 aliphatic heterocycles. The van der Waals surface area contributed by atoms with E-state index < -0.39 is 23.3 Å². The molecule has 0 radical (unpaired) electrons. The molecule has 0 aliphatic carbocycles. The SMILES string of the molecule is CCNC(=O)c1cccc(C(F)(F)F)c1NN. The topological polar surface area (TPSA) is 67.2 Å². The van der Waals surface area contributed by atoms with Crippen LogP contribution >= 0.6 is 0 Å². The van der Waals surface area contributed by atoms with E-state index in [-0.39, 0.29) is 5.56 Å². The predicted molar refractivity (Wildman–Crippen MR) is 57.3 cm³/mol. The van der Waals surface area contributed by atoms with Gasteiger partial charge in [0, 0.05) is 6.54 Å². The highest BCUT2D eigenvalue weighted by molar-refractivity contribution is 6.00. The molecule has 7 heteroatoms. The first-order chi connectivity index (χ1) is 7.91. The Labute approximate surface area is 96.0 Å². The number of rotatable bonds is 3. The molecular weight excluding hydrogens is 235 g/mol. The number of carbonyl (C=O) groups is 1. The summed E-state index contributed by atoms with van der Waals surface area (Å²) < 4.78 is 37.9. The molecule has 17 heavy (non-hydrogen) atoms. The smallest absolute Gasteiger partial charge is 0.352 e. The molecule has 1 aromatic rings. The van der Waals surface area contributed by atoms with Crippen molar-refractivity contribution in [2.45, 2.75) is 13.1 Å². The van der Waals surface area contributed by atoms with E-state index in [0.29, 0.717) is 6.54 Å². The van der Waals surface area contributed by atoms with Crippen molar-refractivity contribution in [1.82, 2.24) is 5.32 Å². The minimum atomic E-state index is -4.57. The molecule has 0 aliphatic rings. The number of para-hydroxylation sites is 1. The fourth-order valence-corrected chi connectivity index (χ4v) is 1.39. The van der Waals surface area contributed by atoms with E-state index in [2.05, 4.69) is 5.32 Å². The number of nitrogen functional groups attached to an aromatic ring is 1. The van der Waals surface area contributed by atoms with Gasteiger partial charge in [-0.2, -0.15) is 13.2 Å². The van der Waals surface area contributed by atoms with Gasteiger partial charge in [-0.15, -0.1) is 0 Å². The molecule has 0 saturated heterocycles. The average molecular weight is 247 g/mol. The van der Waals surface area contributed by atoms with Crippen LogP contribution in [-0.4, -0.2) is 12.5 Å². The van der Waals surface area contributed by atoms with Gasteiger partial charge in [0.1, 0.15) is 0 Å². The summed E-state index contributed by atoms with van der Waals surface area (Å²) >= 11 is 0. The number of hydrogen-bond acceptors (Lipinski definition) is 3. The number of nitrogens with one attached hydrogen (secondary N) is 2. The molecule has 0 atom stereocenters. The van der Waals surface area contributed by atoms with Crippen molar-refractivity contribution < 1.29 is 18.0 Å². The van der Waals surface area contributed by atoms with Gasteiger partial charge in [-0.1, -0.05) is 6.07 Å². The number of benzene rings is 1. The number of amides is 1. The number of halogens is 3. The highest BCUT2D eigenvalue weighted by atomic mass is 19.4. The Balaban J connectivity index is 3.29. The van der Waals surface area contributed by atoms with Gasteiger partial charge >= 0.3 is 6.18 Å². The van der Waals surface area contributed by atoms with Crippen LogP contribution in [0.4, 0.5) is 18.9 Å². The summed E-state index contributed by atoms with van der Waals surface area (Å²) in [6.45, 7) is 1.99. The summed E-state index contributed by atoms with van der Waals surface area (Å²) in [6.07, 6.45) is -4.57. The maximum atomic E-state index is 12.6. The van der Waals surface area contributed by atoms with E-state index in [4.69, 9.17) is 5.84 Å². The lowest BCUT2D eigenvalue weighted by molar-refractivity contribution is -0.137. The normalized spacial score (nSPS) is 11.1. The van der Waals surface area contributed by atoms with E-state index in [1.54, 1.807) is 6.92 Å². The van der Waals surface area contributed by atoms with Crippen molar-refractivity contribution in [3.8, 4) is 0 Å². The van der Waals surface area contributed by atoms with Gasteiger partial charge < -0.3 is 10.7 Å². The highest BCUT2D eigenvalue weighted by Gasteiger charge is 2.35. The van der Waals surface area contributed by atoms with Gasteiger partial charge in [0.15, 0.2) is 0 Å². The maximum Gasteiger partial charge on any atom is 0.418 e. The van der Waals surface area contributed by atoms with Crippen LogP contribution in [0.5, 0.6) is 0 Å². The number of nitrogens with two attached hydrogens (primary N) is 1. The summed E-state index contributed by atoms with van der Waals surface area (Å²) in [6, 6.07) is 3.29. The van der Waals surface area contributed by atoms with Crippen LogP contribution in [0.1, 0.15) is 22.8 Å². The second-order valence-corrected chi connectivity index (χ2v) is 3.23. The first kappa shape index (κ1) is 13.3. The van der Waals surface area contributed by atoms with Gasteiger partial charge in [-0.05, 0) is 19.1 Å². The standard InChI is InChI=1S/C10H12F3N3O/c1-2-15-9(17)6-4-3-5-7(8(6)16-14)10(11,12)13/h3-5,16H,2,14H2,1H3,(H,15,17). The van der Waals surface area contributed by atoms with Crippen LogP contribution in [0, 0.1) is 0 Å². The first-order valence-electron chi connectivity index (χ1n) is 4.86. The molecule has 0 fully saturated rings. The third-order valence-corrected chi connectivity index (χ3v) is 2.10. The number of alkyl halides is 3. The van der Waals surface area contributed by atoms with Crippen LogP contribution in [-0.2, 0) is 6.18 Å². The third kappa shape index (κ3) is 2.88. The Morgan fingerprint density at radius 2 is 2.06 bits per heavy atom.